The first-order chi connectivity index (χ1) is 11.3. The molecule has 1 aliphatic rings. The van der Waals surface area contributed by atoms with Gasteiger partial charge in [-0.05, 0) is 6.07 Å². The van der Waals surface area contributed by atoms with E-state index in [2.05, 4.69) is 15.5 Å². The van der Waals surface area contributed by atoms with E-state index in [4.69, 9.17) is 5.11 Å². The van der Waals surface area contributed by atoms with Gasteiger partial charge in [0.15, 0.2) is 10.9 Å². The fraction of sp³-hybridized carbons (Fsp3) is 0.167. The molecule has 0 spiro atoms. The van der Waals surface area contributed by atoms with Crippen molar-refractivity contribution in [3.05, 3.63) is 27.8 Å². The van der Waals surface area contributed by atoms with Crippen LogP contribution in [-0.4, -0.2) is 48.8 Å². The van der Waals surface area contributed by atoms with Crippen LogP contribution in [0, 0.1) is 10.1 Å². The second kappa shape index (κ2) is 6.95. The molecule has 4 N–H and O–H groups in total. The number of amides is 1. The summed E-state index contributed by atoms with van der Waals surface area (Å²) in [4.78, 5) is 31.9. The highest BCUT2D eigenvalue weighted by Gasteiger charge is 2.32. The number of nitro benzene ring substituents is 1. The monoisotopic (exact) mass is 354 g/mol. The van der Waals surface area contributed by atoms with E-state index >= 15 is 0 Å². The highest BCUT2D eigenvalue weighted by atomic mass is 32.2. The minimum absolute atomic E-state index is 0.0833. The first kappa shape index (κ1) is 17.2. The Hall–Kier alpha value is -3.15. The van der Waals surface area contributed by atoms with Crippen LogP contribution in [0.15, 0.2) is 22.3 Å². The van der Waals surface area contributed by atoms with Crippen molar-refractivity contribution in [2.24, 2.45) is 10.2 Å². The quantitative estimate of drug-likeness (QED) is 0.254. The number of phenolic OH excluding ortho intramolecular Hbond substituents is 2. The Labute approximate surface area is 137 Å². The molecule has 0 aromatic heterocycles. The van der Waals surface area contributed by atoms with Crippen molar-refractivity contribution in [1.82, 2.24) is 5.32 Å². The standard InChI is InChI=1S/C12H10N4O7S/c17-7-2-5(1-6(10(7)20)16(22)23)4-13-15-12-14-11(21)8(24-12)3-9(18)19/h1-2,4,8,17,20H,3H2,(H,18,19)(H,14,15,21). The number of phenols is 2. The van der Waals surface area contributed by atoms with Crippen LogP contribution < -0.4 is 5.32 Å². The second-order valence-electron chi connectivity index (χ2n) is 4.51. The number of nitrogens with zero attached hydrogens (tertiary/aromatic N) is 3. The van der Waals surface area contributed by atoms with E-state index in [9.17, 15) is 29.9 Å². The van der Waals surface area contributed by atoms with Gasteiger partial charge >= 0.3 is 11.7 Å². The van der Waals surface area contributed by atoms with Gasteiger partial charge in [-0.25, -0.2) is 0 Å². The third kappa shape index (κ3) is 3.98. The van der Waals surface area contributed by atoms with Crippen molar-refractivity contribution in [2.75, 3.05) is 0 Å². The molecule has 24 heavy (non-hydrogen) atoms. The number of aliphatic carboxylic acids is 1. The third-order valence-electron chi connectivity index (χ3n) is 2.78. The zero-order chi connectivity index (χ0) is 17.9. The first-order valence-corrected chi connectivity index (χ1v) is 7.16. The zero-order valence-corrected chi connectivity index (χ0v) is 12.6. The number of carbonyl (C=O) groups excluding carboxylic acids is 1. The molecule has 1 aromatic carbocycles. The van der Waals surface area contributed by atoms with Crippen LogP contribution in [-0.2, 0) is 9.59 Å². The van der Waals surface area contributed by atoms with Gasteiger partial charge in [0.05, 0.1) is 17.6 Å². The normalized spacial score (nSPS) is 18.9. The molecule has 1 aromatic rings. The maximum atomic E-state index is 11.5. The highest BCUT2D eigenvalue weighted by Crippen LogP contribution is 2.35. The number of thioether (sulfide) groups is 1. The van der Waals surface area contributed by atoms with Crippen molar-refractivity contribution >= 4 is 40.7 Å². The number of nitrogens with one attached hydrogen (secondary N) is 1. The van der Waals surface area contributed by atoms with Crippen LogP contribution in [0.3, 0.4) is 0 Å². The Morgan fingerprint density at radius 2 is 2.17 bits per heavy atom. The molecular weight excluding hydrogens is 344 g/mol. The van der Waals surface area contributed by atoms with Crippen molar-refractivity contribution in [2.45, 2.75) is 11.7 Å². The number of aromatic hydroxyl groups is 2. The molecule has 1 heterocycles. The molecule has 0 saturated carbocycles. The Balaban J connectivity index is 2.13. The van der Waals surface area contributed by atoms with Gasteiger partial charge in [-0.2, -0.15) is 5.10 Å². The number of carbonyl (C=O) groups is 2. The molecule has 1 aliphatic heterocycles. The number of carboxylic acid groups (broad SMARTS) is 1. The molecule has 1 atom stereocenters. The lowest BCUT2D eigenvalue weighted by Gasteiger charge is -2.00. The fourth-order valence-corrected chi connectivity index (χ4v) is 2.65. The van der Waals surface area contributed by atoms with E-state index in [0.717, 1.165) is 30.1 Å². The van der Waals surface area contributed by atoms with Gasteiger partial charge in [0, 0.05) is 11.6 Å². The van der Waals surface area contributed by atoms with Crippen molar-refractivity contribution < 1.29 is 29.8 Å². The maximum Gasteiger partial charge on any atom is 0.315 e. The lowest BCUT2D eigenvalue weighted by atomic mass is 10.2. The van der Waals surface area contributed by atoms with Gasteiger partial charge in [-0.15, -0.1) is 5.10 Å². The summed E-state index contributed by atoms with van der Waals surface area (Å²) in [6, 6.07) is 2.02. The summed E-state index contributed by atoms with van der Waals surface area (Å²) in [6.45, 7) is 0. The predicted molar refractivity (Wildman–Crippen MR) is 83.2 cm³/mol. The average Bonchev–Trinajstić information content (AvgIpc) is 2.81. The fourth-order valence-electron chi connectivity index (χ4n) is 1.73. The number of carboxylic acids is 1. The number of hydrogen-bond donors (Lipinski definition) is 4. The number of benzene rings is 1. The van der Waals surface area contributed by atoms with Crippen LogP contribution in [0.2, 0.25) is 0 Å². The Kier molecular flexibility index (Phi) is 4.99. The van der Waals surface area contributed by atoms with Crippen molar-refractivity contribution in [1.29, 1.82) is 0 Å². The number of amidine groups is 1. The van der Waals surface area contributed by atoms with E-state index < -0.39 is 39.2 Å². The van der Waals surface area contributed by atoms with E-state index in [0.29, 0.717) is 0 Å². The average molecular weight is 354 g/mol. The van der Waals surface area contributed by atoms with Gasteiger partial charge < -0.3 is 20.6 Å². The number of rotatable bonds is 5. The Morgan fingerprint density at radius 1 is 1.46 bits per heavy atom. The summed E-state index contributed by atoms with van der Waals surface area (Å²) < 4.78 is 0. The summed E-state index contributed by atoms with van der Waals surface area (Å²) in [5, 5.41) is 47.1. The minimum atomic E-state index is -1.13. The van der Waals surface area contributed by atoms with Crippen molar-refractivity contribution in [3.8, 4) is 11.5 Å². The lowest BCUT2D eigenvalue weighted by Crippen LogP contribution is -2.26. The van der Waals surface area contributed by atoms with Gasteiger partial charge in [0.1, 0.15) is 5.25 Å². The summed E-state index contributed by atoms with van der Waals surface area (Å²) in [5.74, 6) is -3.18. The van der Waals surface area contributed by atoms with Gasteiger partial charge in [-0.3, -0.25) is 19.7 Å². The SMILES string of the molecule is O=C(O)CC1SC(=NN=Cc2cc(O)c(O)c([N+](=O)[O-])c2)NC1=O. The smallest absolute Gasteiger partial charge is 0.315 e. The van der Waals surface area contributed by atoms with Crippen LogP contribution in [0.5, 0.6) is 11.5 Å². The molecular formula is C12H10N4O7S. The maximum absolute atomic E-state index is 11.5. The lowest BCUT2D eigenvalue weighted by molar-refractivity contribution is -0.386. The number of hydrogen-bond acceptors (Lipinski definition) is 9. The molecule has 1 amide bonds. The summed E-state index contributed by atoms with van der Waals surface area (Å²) in [6.07, 6.45) is 0.702. The van der Waals surface area contributed by atoms with Crippen molar-refractivity contribution in [3.63, 3.8) is 0 Å². The Morgan fingerprint density at radius 3 is 2.79 bits per heavy atom. The summed E-state index contributed by atoms with van der Waals surface area (Å²) >= 11 is 0.893. The van der Waals surface area contributed by atoms with Crippen LogP contribution >= 0.6 is 11.8 Å². The highest BCUT2D eigenvalue weighted by molar-refractivity contribution is 8.15. The predicted octanol–water partition coefficient (Wildman–Crippen LogP) is 0.402. The van der Waals surface area contributed by atoms with E-state index in [1.807, 2.05) is 0 Å². The number of nitro groups is 1. The van der Waals surface area contributed by atoms with E-state index in [1.54, 1.807) is 0 Å². The molecule has 0 aliphatic carbocycles. The van der Waals surface area contributed by atoms with Crippen LogP contribution in [0.4, 0.5) is 5.69 Å². The summed E-state index contributed by atoms with van der Waals surface area (Å²) in [5.41, 5.74) is -0.605. The molecule has 1 saturated heterocycles. The third-order valence-corrected chi connectivity index (χ3v) is 3.85. The zero-order valence-electron chi connectivity index (χ0n) is 11.7. The largest absolute Gasteiger partial charge is 0.504 e. The molecule has 1 unspecified atom stereocenters. The molecule has 11 nitrogen and oxygen atoms in total. The van der Waals surface area contributed by atoms with Gasteiger partial charge in [0.2, 0.25) is 11.7 Å². The first-order valence-electron chi connectivity index (χ1n) is 6.28. The van der Waals surface area contributed by atoms with Crippen LogP contribution in [0.25, 0.3) is 0 Å². The molecule has 126 valence electrons. The molecule has 1 fully saturated rings. The van der Waals surface area contributed by atoms with E-state index in [-0.39, 0.29) is 17.2 Å². The van der Waals surface area contributed by atoms with Gasteiger partial charge in [-0.1, -0.05) is 11.8 Å². The second-order valence-corrected chi connectivity index (χ2v) is 5.70. The van der Waals surface area contributed by atoms with Gasteiger partial charge in [0.25, 0.3) is 0 Å². The molecule has 0 bridgehead atoms. The molecule has 2 rings (SSSR count). The topological polar surface area (TPSA) is 175 Å². The molecule has 0 radical (unpaired) electrons. The van der Waals surface area contributed by atoms with E-state index in [1.165, 1.54) is 0 Å². The Bertz CT molecular complexity index is 777. The minimum Gasteiger partial charge on any atom is -0.504 e. The molecule has 12 heteroatoms. The summed E-state index contributed by atoms with van der Waals surface area (Å²) in [7, 11) is 0. The van der Waals surface area contributed by atoms with Crippen LogP contribution in [0.1, 0.15) is 12.0 Å².